The van der Waals surface area contributed by atoms with E-state index < -0.39 is 12.2 Å². The highest BCUT2D eigenvalue weighted by Crippen LogP contribution is 2.41. The van der Waals surface area contributed by atoms with E-state index >= 15 is 0 Å². The highest BCUT2D eigenvalue weighted by Gasteiger charge is 2.38. The molecule has 4 rings (SSSR count). The van der Waals surface area contributed by atoms with Gasteiger partial charge in [-0.3, -0.25) is 9.69 Å². The highest BCUT2D eigenvalue weighted by atomic mass is 35.5. The second kappa shape index (κ2) is 11.8. The Balaban J connectivity index is 0.00000342. The number of amides is 1. The Morgan fingerprint density at radius 1 is 1.00 bits per heavy atom. The number of carbonyl (C=O) groups is 1. The van der Waals surface area contributed by atoms with Gasteiger partial charge >= 0.3 is 0 Å². The van der Waals surface area contributed by atoms with Crippen molar-refractivity contribution in [3.63, 3.8) is 0 Å². The van der Waals surface area contributed by atoms with Crippen molar-refractivity contribution in [1.82, 2.24) is 9.88 Å². The third-order valence-electron chi connectivity index (χ3n) is 6.02. The predicted octanol–water partition coefficient (Wildman–Crippen LogP) is 4.64. The van der Waals surface area contributed by atoms with Gasteiger partial charge in [-0.15, -0.1) is 12.4 Å². The first-order valence-electron chi connectivity index (χ1n) is 11.5. The number of likely N-dealkylation sites (N-methyl/N-ethyl adjacent to an activating group) is 1. The summed E-state index contributed by atoms with van der Waals surface area (Å²) in [5.74, 6) is 2.34. The molecule has 1 aromatic heterocycles. The van der Waals surface area contributed by atoms with Crippen LogP contribution in [0.3, 0.4) is 0 Å². The Bertz CT molecular complexity index is 1110. The predicted molar refractivity (Wildman–Crippen MR) is 141 cm³/mol. The van der Waals surface area contributed by atoms with Crippen molar-refractivity contribution in [2.24, 2.45) is 0 Å². The van der Waals surface area contributed by atoms with E-state index in [1.165, 1.54) is 11.3 Å². The lowest BCUT2D eigenvalue weighted by Gasteiger charge is -2.34. The number of thiazole rings is 1. The van der Waals surface area contributed by atoms with Gasteiger partial charge in [-0.25, -0.2) is 4.98 Å². The maximum atomic E-state index is 13.9. The summed E-state index contributed by atoms with van der Waals surface area (Å²) in [7, 11) is 3.23. The first kappa shape index (κ1) is 26.8. The Hall–Kier alpha value is -2.75. The van der Waals surface area contributed by atoms with Gasteiger partial charge in [0, 0.05) is 13.1 Å². The normalized spacial score (nSPS) is 16.6. The topological polar surface area (TPSA) is 73.4 Å². The molecule has 1 amide bonds. The minimum atomic E-state index is -0.789. The van der Waals surface area contributed by atoms with Crippen LogP contribution in [0.2, 0.25) is 0 Å². The quantitative estimate of drug-likeness (QED) is 0.406. The largest absolute Gasteiger partial charge is 0.495 e. The van der Waals surface area contributed by atoms with Crippen molar-refractivity contribution in [2.45, 2.75) is 33.0 Å². The van der Waals surface area contributed by atoms with E-state index in [0.29, 0.717) is 46.7 Å². The number of benzene rings is 2. The molecule has 3 aromatic rings. The second-order valence-corrected chi connectivity index (χ2v) is 8.95. The molecule has 1 aliphatic rings. The summed E-state index contributed by atoms with van der Waals surface area (Å²) < 4.78 is 24.0. The monoisotopic (exact) mass is 521 g/mol. The number of fused-ring (bicyclic) bond motifs is 2. The van der Waals surface area contributed by atoms with Crippen LogP contribution in [0, 0.1) is 0 Å². The number of carbonyl (C=O) groups excluding carboxylic acids is 1. The minimum Gasteiger partial charge on any atom is -0.495 e. The minimum absolute atomic E-state index is 0. The first-order valence-corrected chi connectivity index (χ1v) is 12.3. The molecule has 0 saturated carbocycles. The van der Waals surface area contributed by atoms with Crippen LogP contribution in [-0.4, -0.2) is 68.4 Å². The van der Waals surface area contributed by atoms with Gasteiger partial charge in [-0.2, -0.15) is 0 Å². The molecule has 2 atom stereocenters. The second-order valence-electron chi connectivity index (χ2n) is 7.97. The molecule has 35 heavy (non-hydrogen) atoms. The Morgan fingerprint density at radius 2 is 1.63 bits per heavy atom. The van der Waals surface area contributed by atoms with Gasteiger partial charge in [0.05, 0.1) is 14.2 Å². The van der Waals surface area contributed by atoms with Crippen molar-refractivity contribution in [1.29, 1.82) is 0 Å². The summed E-state index contributed by atoms with van der Waals surface area (Å²) in [6.45, 7) is 9.05. The number of nitrogens with zero attached hydrogens (tertiary/aromatic N) is 3. The number of hydrogen-bond donors (Lipinski definition) is 0. The van der Waals surface area contributed by atoms with Crippen LogP contribution in [0.4, 0.5) is 5.13 Å². The zero-order valence-electron chi connectivity index (χ0n) is 20.6. The third kappa shape index (κ3) is 5.42. The molecule has 0 saturated heterocycles. The van der Waals surface area contributed by atoms with Crippen LogP contribution in [0.5, 0.6) is 23.0 Å². The Labute approximate surface area is 216 Å². The lowest BCUT2D eigenvalue weighted by atomic mass is 10.1. The van der Waals surface area contributed by atoms with E-state index in [9.17, 15) is 4.79 Å². The summed E-state index contributed by atoms with van der Waals surface area (Å²) in [5, 5.41) is 0.574. The zero-order valence-corrected chi connectivity index (χ0v) is 22.3. The molecule has 190 valence electrons. The molecule has 0 bridgehead atoms. The molecule has 8 nitrogen and oxygen atoms in total. The van der Waals surface area contributed by atoms with Crippen LogP contribution in [0.15, 0.2) is 36.4 Å². The zero-order chi connectivity index (χ0) is 24.2. The molecule has 10 heteroatoms. The van der Waals surface area contributed by atoms with E-state index in [1.54, 1.807) is 19.1 Å². The van der Waals surface area contributed by atoms with Gasteiger partial charge in [0.1, 0.15) is 27.8 Å². The summed E-state index contributed by atoms with van der Waals surface area (Å²) >= 11 is 1.41. The standard InChI is InChI=1S/C25H31N3O5S.ClH/c1-6-27(7-2)14-15-28(24(29)22-16(3)32-17-10-8-9-11-18(17)33-22)25-26-21-19(30-4)12-13-20(31-5)23(21)34-25;/h8-13,16,22H,6-7,14-15H2,1-5H3;1H. The van der Waals surface area contributed by atoms with E-state index in [0.717, 1.165) is 17.8 Å². The molecule has 1 aliphatic heterocycles. The van der Waals surface area contributed by atoms with Crippen molar-refractivity contribution in [3.8, 4) is 23.0 Å². The maximum Gasteiger partial charge on any atom is 0.273 e. The van der Waals surface area contributed by atoms with Crippen LogP contribution in [0.1, 0.15) is 20.8 Å². The molecule has 2 aromatic carbocycles. The lowest BCUT2D eigenvalue weighted by Crippen LogP contribution is -2.52. The fraction of sp³-hybridized carbons (Fsp3) is 0.440. The van der Waals surface area contributed by atoms with Crippen LogP contribution in [-0.2, 0) is 4.79 Å². The number of anilines is 1. The van der Waals surface area contributed by atoms with Gasteiger partial charge in [-0.05, 0) is 44.3 Å². The van der Waals surface area contributed by atoms with Gasteiger partial charge in [0.2, 0.25) is 6.10 Å². The molecule has 2 heterocycles. The molecule has 0 aliphatic carbocycles. The van der Waals surface area contributed by atoms with E-state index in [4.69, 9.17) is 23.9 Å². The summed E-state index contributed by atoms with van der Waals surface area (Å²) in [5.41, 5.74) is 0.668. The fourth-order valence-electron chi connectivity index (χ4n) is 4.02. The van der Waals surface area contributed by atoms with Gasteiger partial charge in [-0.1, -0.05) is 37.3 Å². The van der Waals surface area contributed by atoms with E-state index in [-0.39, 0.29) is 18.3 Å². The fourth-order valence-corrected chi connectivity index (χ4v) is 5.12. The molecule has 0 N–H and O–H groups in total. The maximum absolute atomic E-state index is 13.9. The lowest BCUT2D eigenvalue weighted by molar-refractivity contribution is -0.130. The number of para-hydroxylation sites is 2. The smallest absolute Gasteiger partial charge is 0.273 e. The molecular formula is C25H32ClN3O5S. The highest BCUT2D eigenvalue weighted by molar-refractivity contribution is 7.22. The number of ether oxygens (including phenoxy) is 4. The number of halogens is 1. The molecule has 0 fully saturated rings. The van der Waals surface area contributed by atoms with Crippen LogP contribution < -0.4 is 23.8 Å². The summed E-state index contributed by atoms with van der Waals surface area (Å²) in [6.07, 6.45) is -1.24. The van der Waals surface area contributed by atoms with E-state index in [2.05, 4.69) is 18.7 Å². The number of methoxy groups -OCH3 is 2. The summed E-state index contributed by atoms with van der Waals surface area (Å²) in [6, 6.07) is 11.1. The van der Waals surface area contributed by atoms with Crippen LogP contribution >= 0.6 is 23.7 Å². The van der Waals surface area contributed by atoms with Crippen molar-refractivity contribution in [3.05, 3.63) is 36.4 Å². The van der Waals surface area contributed by atoms with Crippen molar-refractivity contribution < 1.29 is 23.7 Å². The average molecular weight is 522 g/mol. The average Bonchev–Trinajstić information content (AvgIpc) is 3.30. The van der Waals surface area contributed by atoms with Gasteiger partial charge in [0.25, 0.3) is 5.91 Å². The molecule has 0 radical (unpaired) electrons. The van der Waals surface area contributed by atoms with Crippen molar-refractivity contribution in [2.75, 3.05) is 45.3 Å². The Kier molecular flexibility index (Phi) is 9.04. The SMILES string of the molecule is CCN(CC)CCN(C(=O)C1Oc2ccccc2OC1C)c1nc2c(OC)ccc(OC)c2s1.Cl. The molecule has 0 spiro atoms. The van der Waals surface area contributed by atoms with Gasteiger partial charge in [0.15, 0.2) is 16.6 Å². The number of aromatic nitrogens is 1. The molecule has 2 unspecified atom stereocenters. The number of hydrogen-bond acceptors (Lipinski definition) is 8. The van der Waals surface area contributed by atoms with Crippen LogP contribution in [0.25, 0.3) is 10.2 Å². The van der Waals surface area contributed by atoms with Gasteiger partial charge < -0.3 is 23.8 Å². The third-order valence-corrected chi connectivity index (χ3v) is 7.11. The molecular weight excluding hydrogens is 490 g/mol. The summed E-state index contributed by atoms with van der Waals surface area (Å²) in [4.78, 5) is 22.7. The number of rotatable bonds is 9. The Morgan fingerprint density at radius 3 is 2.26 bits per heavy atom. The van der Waals surface area contributed by atoms with E-state index in [1.807, 2.05) is 43.3 Å². The van der Waals surface area contributed by atoms with Crippen molar-refractivity contribution >= 4 is 45.0 Å². The first-order chi connectivity index (χ1) is 16.5.